The zero-order valence-electron chi connectivity index (χ0n) is 11.6. The highest BCUT2D eigenvalue weighted by atomic mass is 16.5. The maximum atomic E-state index is 5.73. The first-order valence-corrected chi connectivity index (χ1v) is 6.74. The summed E-state index contributed by atoms with van der Waals surface area (Å²) in [6, 6.07) is 6.91. The Kier molecular flexibility index (Phi) is 4.38. The maximum absolute atomic E-state index is 5.73. The number of nitrogens with one attached hydrogen (secondary N) is 1. The molecule has 3 N–H and O–H groups in total. The molecule has 0 radical (unpaired) electrons. The van der Waals surface area contributed by atoms with Crippen LogP contribution in [0.5, 0.6) is 0 Å². The molecular formula is C15H24N2O. The summed E-state index contributed by atoms with van der Waals surface area (Å²) in [6.45, 7) is 7.25. The Morgan fingerprint density at radius 2 is 2.22 bits per heavy atom. The van der Waals surface area contributed by atoms with Gasteiger partial charge in [-0.3, -0.25) is 11.3 Å². The normalized spacial score (nSPS) is 25.3. The van der Waals surface area contributed by atoms with Crippen molar-refractivity contribution in [1.29, 1.82) is 0 Å². The zero-order chi connectivity index (χ0) is 13.1. The van der Waals surface area contributed by atoms with Crippen molar-refractivity contribution < 1.29 is 4.74 Å². The van der Waals surface area contributed by atoms with Gasteiger partial charge in [0.2, 0.25) is 0 Å². The molecule has 100 valence electrons. The van der Waals surface area contributed by atoms with E-state index in [1.54, 1.807) is 0 Å². The van der Waals surface area contributed by atoms with Crippen LogP contribution in [0, 0.1) is 19.8 Å². The summed E-state index contributed by atoms with van der Waals surface area (Å²) in [6.07, 6.45) is 2.44. The highest BCUT2D eigenvalue weighted by Crippen LogP contribution is 2.25. The van der Waals surface area contributed by atoms with Crippen molar-refractivity contribution in [2.75, 3.05) is 6.61 Å². The lowest BCUT2D eigenvalue weighted by Gasteiger charge is -2.22. The summed E-state index contributed by atoms with van der Waals surface area (Å²) in [5.41, 5.74) is 7.01. The van der Waals surface area contributed by atoms with Gasteiger partial charge in [-0.05, 0) is 44.7 Å². The van der Waals surface area contributed by atoms with Crippen molar-refractivity contribution in [2.24, 2.45) is 11.8 Å². The van der Waals surface area contributed by atoms with Crippen LogP contribution in [0.1, 0.15) is 30.0 Å². The lowest BCUT2D eigenvalue weighted by molar-refractivity contribution is 0.117. The quantitative estimate of drug-likeness (QED) is 0.633. The third-order valence-electron chi connectivity index (χ3n) is 3.96. The largest absolute Gasteiger partial charge is 0.378 e. The van der Waals surface area contributed by atoms with Gasteiger partial charge in [0.25, 0.3) is 0 Å². The molecule has 0 aromatic heterocycles. The Bertz CT molecular complexity index is 405. The van der Waals surface area contributed by atoms with Crippen LogP contribution in [-0.2, 0) is 11.2 Å². The molecule has 0 spiro atoms. The molecule has 0 aliphatic carbocycles. The van der Waals surface area contributed by atoms with Gasteiger partial charge in [0.15, 0.2) is 0 Å². The second-order valence-electron chi connectivity index (χ2n) is 5.55. The van der Waals surface area contributed by atoms with Gasteiger partial charge in [-0.2, -0.15) is 0 Å². The van der Waals surface area contributed by atoms with Gasteiger partial charge in [-0.1, -0.05) is 23.8 Å². The molecule has 1 aromatic carbocycles. The molecular weight excluding hydrogens is 224 g/mol. The van der Waals surface area contributed by atoms with Crippen molar-refractivity contribution in [2.45, 2.75) is 45.8 Å². The molecule has 1 aliphatic rings. The number of hydrogen-bond donors (Lipinski definition) is 2. The molecule has 1 saturated heterocycles. The van der Waals surface area contributed by atoms with E-state index in [9.17, 15) is 0 Å². The van der Waals surface area contributed by atoms with E-state index in [0.717, 1.165) is 19.4 Å². The van der Waals surface area contributed by atoms with Gasteiger partial charge < -0.3 is 4.74 Å². The van der Waals surface area contributed by atoms with Crippen molar-refractivity contribution >= 4 is 0 Å². The van der Waals surface area contributed by atoms with Crippen molar-refractivity contribution in [3.63, 3.8) is 0 Å². The van der Waals surface area contributed by atoms with Crippen molar-refractivity contribution in [1.82, 2.24) is 5.43 Å². The van der Waals surface area contributed by atoms with E-state index in [1.807, 2.05) is 0 Å². The van der Waals surface area contributed by atoms with Crippen LogP contribution in [0.15, 0.2) is 18.2 Å². The van der Waals surface area contributed by atoms with Crippen LogP contribution in [-0.4, -0.2) is 18.8 Å². The minimum Gasteiger partial charge on any atom is -0.378 e. The molecule has 3 heteroatoms. The van der Waals surface area contributed by atoms with E-state index in [-0.39, 0.29) is 0 Å². The second kappa shape index (κ2) is 5.83. The fraction of sp³-hybridized carbons (Fsp3) is 0.600. The standard InChI is InChI=1S/C15H24N2O/c1-10-4-5-11(2)13(6-10)8-15(17-16)14-7-12(3)18-9-14/h4-6,12,14-15,17H,7-9,16H2,1-3H3. The van der Waals surface area contributed by atoms with Gasteiger partial charge >= 0.3 is 0 Å². The van der Waals surface area contributed by atoms with Crippen LogP contribution < -0.4 is 11.3 Å². The number of benzene rings is 1. The Hall–Kier alpha value is -0.900. The average molecular weight is 248 g/mol. The SMILES string of the molecule is Cc1ccc(C)c(CC(NN)C2COC(C)C2)c1. The lowest BCUT2D eigenvalue weighted by atomic mass is 9.90. The second-order valence-corrected chi connectivity index (χ2v) is 5.55. The van der Waals surface area contributed by atoms with Gasteiger partial charge in [-0.15, -0.1) is 0 Å². The van der Waals surface area contributed by atoms with Gasteiger partial charge in [0.1, 0.15) is 0 Å². The molecule has 3 atom stereocenters. The number of rotatable bonds is 4. The molecule has 18 heavy (non-hydrogen) atoms. The molecule has 1 heterocycles. The van der Waals surface area contributed by atoms with Crippen LogP contribution >= 0.6 is 0 Å². The molecule has 0 saturated carbocycles. The van der Waals surface area contributed by atoms with E-state index in [4.69, 9.17) is 10.6 Å². The molecule has 2 rings (SSSR count). The summed E-state index contributed by atoms with van der Waals surface area (Å²) >= 11 is 0. The Balaban J connectivity index is 2.08. The number of hydrazine groups is 1. The molecule has 1 aromatic rings. The predicted octanol–water partition coefficient (Wildman–Crippen LogP) is 2.10. The lowest BCUT2D eigenvalue weighted by Crippen LogP contribution is -2.43. The first kappa shape index (κ1) is 13.5. The summed E-state index contributed by atoms with van der Waals surface area (Å²) in [5.74, 6) is 6.25. The number of hydrogen-bond acceptors (Lipinski definition) is 3. The molecule has 3 unspecified atom stereocenters. The smallest absolute Gasteiger partial charge is 0.0551 e. The summed E-state index contributed by atoms with van der Waals surface area (Å²) in [4.78, 5) is 0. The van der Waals surface area contributed by atoms with Gasteiger partial charge in [-0.25, -0.2) is 0 Å². The summed E-state index contributed by atoms with van der Waals surface area (Å²) < 4.78 is 5.64. The Morgan fingerprint density at radius 3 is 2.83 bits per heavy atom. The first-order chi connectivity index (χ1) is 8.60. The third-order valence-corrected chi connectivity index (χ3v) is 3.96. The summed E-state index contributed by atoms with van der Waals surface area (Å²) in [7, 11) is 0. The zero-order valence-corrected chi connectivity index (χ0v) is 11.6. The van der Waals surface area contributed by atoms with E-state index < -0.39 is 0 Å². The van der Waals surface area contributed by atoms with Crippen LogP contribution in [0.4, 0.5) is 0 Å². The number of nitrogens with two attached hydrogens (primary N) is 1. The molecule has 0 bridgehead atoms. The van der Waals surface area contributed by atoms with E-state index in [0.29, 0.717) is 18.1 Å². The number of ether oxygens (including phenoxy) is 1. The maximum Gasteiger partial charge on any atom is 0.0551 e. The monoisotopic (exact) mass is 248 g/mol. The van der Waals surface area contributed by atoms with Crippen LogP contribution in [0.3, 0.4) is 0 Å². The predicted molar refractivity (Wildman–Crippen MR) is 74.3 cm³/mol. The minimum atomic E-state index is 0.301. The van der Waals surface area contributed by atoms with Crippen molar-refractivity contribution in [3.8, 4) is 0 Å². The molecule has 0 amide bonds. The fourth-order valence-corrected chi connectivity index (χ4v) is 2.75. The van der Waals surface area contributed by atoms with Crippen molar-refractivity contribution in [3.05, 3.63) is 34.9 Å². The van der Waals surface area contributed by atoms with E-state index in [2.05, 4.69) is 44.4 Å². The van der Waals surface area contributed by atoms with Gasteiger partial charge in [0, 0.05) is 12.0 Å². The highest BCUT2D eigenvalue weighted by molar-refractivity contribution is 5.31. The molecule has 1 fully saturated rings. The topological polar surface area (TPSA) is 47.3 Å². The third kappa shape index (κ3) is 3.10. The van der Waals surface area contributed by atoms with E-state index >= 15 is 0 Å². The Labute approximate surface area is 110 Å². The summed E-state index contributed by atoms with van der Waals surface area (Å²) in [5, 5.41) is 0. The highest BCUT2D eigenvalue weighted by Gasteiger charge is 2.29. The first-order valence-electron chi connectivity index (χ1n) is 6.74. The molecule has 3 nitrogen and oxygen atoms in total. The fourth-order valence-electron chi connectivity index (χ4n) is 2.75. The Morgan fingerprint density at radius 1 is 1.44 bits per heavy atom. The van der Waals surface area contributed by atoms with Gasteiger partial charge in [0.05, 0.1) is 12.7 Å². The number of aryl methyl sites for hydroxylation is 2. The molecule has 1 aliphatic heterocycles. The average Bonchev–Trinajstić information content (AvgIpc) is 2.77. The van der Waals surface area contributed by atoms with Crippen LogP contribution in [0.2, 0.25) is 0 Å². The van der Waals surface area contributed by atoms with Crippen LogP contribution in [0.25, 0.3) is 0 Å². The van der Waals surface area contributed by atoms with E-state index in [1.165, 1.54) is 16.7 Å². The minimum absolute atomic E-state index is 0.301.